The highest BCUT2D eigenvalue weighted by molar-refractivity contribution is 9.10. The number of halogens is 1. The first-order valence-electron chi connectivity index (χ1n) is 4.04. The van der Waals surface area contributed by atoms with Crippen molar-refractivity contribution in [2.24, 2.45) is 0 Å². The molecule has 0 amide bonds. The van der Waals surface area contributed by atoms with Gasteiger partial charge in [0, 0.05) is 17.2 Å². The minimum Gasteiger partial charge on any atom is -0.370 e. The zero-order chi connectivity index (χ0) is 9.26. The molecule has 0 radical (unpaired) electrons. The molecule has 0 aliphatic carbocycles. The van der Waals surface area contributed by atoms with Gasteiger partial charge in [-0.05, 0) is 22.9 Å². The van der Waals surface area contributed by atoms with Gasteiger partial charge >= 0.3 is 0 Å². The molecule has 13 heavy (non-hydrogen) atoms. The lowest BCUT2D eigenvalue weighted by Crippen LogP contribution is -1.99. The predicted octanol–water partition coefficient (Wildman–Crippen LogP) is 2.15. The van der Waals surface area contributed by atoms with Crippen LogP contribution in [0.15, 0.2) is 17.0 Å². The Morgan fingerprint density at radius 2 is 2.38 bits per heavy atom. The van der Waals surface area contributed by atoms with Gasteiger partial charge in [0.1, 0.15) is 17.8 Å². The minimum absolute atomic E-state index is 0.845. The molecular weight excluding hydrogens is 232 g/mol. The summed E-state index contributed by atoms with van der Waals surface area (Å²) in [7, 11) is 0. The third-order valence-corrected chi connectivity index (χ3v) is 2.39. The van der Waals surface area contributed by atoms with Crippen molar-refractivity contribution in [3.63, 3.8) is 0 Å². The van der Waals surface area contributed by atoms with E-state index in [2.05, 4.69) is 36.2 Å². The highest BCUT2D eigenvalue weighted by atomic mass is 79.9. The molecule has 0 unspecified atom stereocenters. The predicted molar refractivity (Wildman–Crippen MR) is 55.8 cm³/mol. The fourth-order valence-corrected chi connectivity index (χ4v) is 1.72. The van der Waals surface area contributed by atoms with Gasteiger partial charge in [0.25, 0.3) is 0 Å². The fourth-order valence-electron chi connectivity index (χ4n) is 1.23. The number of hydrogen-bond donors (Lipinski definition) is 2. The summed E-state index contributed by atoms with van der Waals surface area (Å²) in [6.45, 7) is 2.89. The van der Waals surface area contributed by atoms with Crippen molar-refractivity contribution in [2.75, 3.05) is 11.9 Å². The van der Waals surface area contributed by atoms with E-state index in [9.17, 15) is 0 Å². The van der Waals surface area contributed by atoms with Crippen molar-refractivity contribution in [1.82, 2.24) is 15.0 Å². The second-order valence-corrected chi connectivity index (χ2v) is 3.47. The van der Waals surface area contributed by atoms with Crippen LogP contribution in [0.5, 0.6) is 0 Å². The van der Waals surface area contributed by atoms with Crippen LogP contribution in [0.25, 0.3) is 11.0 Å². The SMILES string of the molecule is CCNc1ncnc2[nH]cc(Br)c12. The Morgan fingerprint density at radius 3 is 3.15 bits per heavy atom. The standard InChI is InChI=1S/C8H9BrN4/c1-2-10-7-6-5(9)3-11-8(6)13-4-12-7/h3-4H,2H2,1H3,(H2,10,11,12,13). The second kappa shape index (κ2) is 3.33. The molecule has 2 aromatic rings. The maximum absolute atomic E-state index is 4.16. The minimum atomic E-state index is 0.845. The van der Waals surface area contributed by atoms with Gasteiger partial charge < -0.3 is 10.3 Å². The van der Waals surface area contributed by atoms with E-state index in [0.717, 1.165) is 27.9 Å². The Bertz CT molecular complexity index is 423. The van der Waals surface area contributed by atoms with Crippen LogP contribution in [0, 0.1) is 0 Å². The molecule has 0 bridgehead atoms. The van der Waals surface area contributed by atoms with E-state index < -0.39 is 0 Å². The molecule has 2 rings (SSSR count). The maximum atomic E-state index is 4.16. The Labute approximate surface area is 83.9 Å². The monoisotopic (exact) mass is 240 g/mol. The van der Waals surface area contributed by atoms with Crippen LogP contribution in [-0.4, -0.2) is 21.5 Å². The van der Waals surface area contributed by atoms with Crippen molar-refractivity contribution < 1.29 is 0 Å². The molecule has 2 aromatic heterocycles. The molecule has 0 aromatic carbocycles. The molecule has 2 N–H and O–H groups in total. The highest BCUT2D eigenvalue weighted by Crippen LogP contribution is 2.26. The molecule has 0 atom stereocenters. The quantitative estimate of drug-likeness (QED) is 0.846. The summed E-state index contributed by atoms with van der Waals surface area (Å²) in [6, 6.07) is 0. The fraction of sp³-hybridized carbons (Fsp3) is 0.250. The van der Waals surface area contributed by atoms with Gasteiger partial charge in [0.2, 0.25) is 0 Å². The topological polar surface area (TPSA) is 53.6 Å². The number of H-pyrrole nitrogens is 1. The van der Waals surface area contributed by atoms with Gasteiger partial charge in [0.15, 0.2) is 0 Å². The van der Waals surface area contributed by atoms with E-state index in [1.54, 1.807) is 6.33 Å². The van der Waals surface area contributed by atoms with Crippen LogP contribution in [0.2, 0.25) is 0 Å². The molecule has 2 heterocycles. The molecule has 0 saturated carbocycles. The van der Waals surface area contributed by atoms with E-state index in [0.29, 0.717) is 0 Å². The zero-order valence-corrected chi connectivity index (χ0v) is 8.72. The Balaban J connectivity index is 2.65. The summed E-state index contributed by atoms with van der Waals surface area (Å²) in [6.07, 6.45) is 3.41. The molecule has 0 saturated heterocycles. The van der Waals surface area contributed by atoms with Crippen molar-refractivity contribution in [3.8, 4) is 0 Å². The number of aromatic nitrogens is 3. The van der Waals surface area contributed by atoms with Gasteiger partial charge in [-0.1, -0.05) is 0 Å². The summed E-state index contributed by atoms with van der Waals surface area (Å²) in [5.41, 5.74) is 0.845. The third kappa shape index (κ3) is 1.39. The normalized spacial score (nSPS) is 10.6. The number of hydrogen-bond acceptors (Lipinski definition) is 3. The summed E-state index contributed by atoms with van der Waals surface area (Å²) in [4.78, 5) is 11.3. The zero-order valence-electron chi connectivity index (χ0n) is 7.13. The van der Waals surface area contributed by atoms with Crippen molar-refractivity contribution in [3.05, 3.63) is 17.0 Å². The number of anilines is 1. The van der Waals surface area contributed by atoms with Gasteiger partial charge in [-0.25, -0.2) is 9.97 Å². The first-order valence-corrected chi connectivity index (χ1v) is 4.83. The van der Waals surface area contributed by atoms with Gasteiger partial charge in [-0.2, -0.15) is 0 Å². The maximum Gasteiger partial charge on any atom is 0.144 e. The lowest BCUT2D eigenvalue weighted by atomic mass is 10.4. The average Bonchev–Trinajstić information content (AvgIpc) is 2.50. The molecular formula is C8H9BrN4. The van der Waals surface area contributed by atoms with Crippen LogP contribution >= 0.6 is 15.9 Å². The first-order chi connectivity index (χ1) is 6.33. The van der Waals surface area contributed by atoms with E-state index in [4.69, 9.17) is 0 Å². The van der Waals surface area contributed by atoms with E-state index >= 15 is 0 Å². The smallest absolute Gasteiger partial charge is 0.144 e. The van der Waals surface area contributed by atoms with E-state index in [1.165, 1.54) is 0 Å². The molecule has 0 aliphatic rings. The molecule has 0 spiro atoms. The number of fused-ring (bicyclic) bond motifs is 1. The summed E-state index contributed by atoms with van der Waals surface area (Å²) in [5, 5.41) is 4.18. The number of rotatable bonds is 2. The van der Waals surface area contributed by atoms with Crippen molar-refractivity contribution in [1.29, 1.82) is 0 Å². The van der Waals surface area contributed by atoms with Crippen LogP contribution in [0.3, 0.4) is 0 Å². The molecule has 0 fully saturated rings. The largest absolute Gasteiger partial charge is 0.370 e. The van der Waals surface area contributed by atoms with Crippen LogP contribution < -0.4 is 5.32 Å². The number of nitrogens with zero attached hydrogens (tertiary/aromatic N) is 2. The highest BCUT2D eigenvalue weighted by Gasteiger charge is 2.07. The van der Waals surface area contributed by atoms with E-state index in [1.807, 2.05) is 13.1 Å². The lowest BCUT2D eigenvalue weighted by molar-refractivity contribution is 1.13. The van der Waals surface area contributed by atoms with Gasteiger partial charge in [-0.15, -0.1) is 0 Å². The summed E-state index contributed by atoms with van der Waals surface area (Å²) < 4.78 is 0.985. The van der Waals surface area contributed by atoms with Crippen molar-refractivity contribution in [2.45, 2.75) is 6.92 Å². The summed E-state index contributed by atoms with van der Waals surface area (Å²) in [5.74, 6) is 0.862. The van der Waals surface area contributed by atoms with Crippen LogP contribution in [0.1, 0.15) is 6.92 Å². The number of nitrogens with one attached hydrogen (secondary N) is 2. The van der Waals surface area contributed by atoms with Gasteiger partial charge in [-0.3, -0.25) is 0 Å². The third-order valence-electron chi connectivity index (χ3n) is 1.77. The number of aromatic amines is 1. The average molecular weight is 241 g/mol. The second-order valence-electron chi connectivity index (χ2n) is 2.61. The van der Waals surface area contributed by atoms with Gasteiger partial charge in [0.05, 0.1) is 5.39 Å². The molecule has 5 heteroatoms. The Kier molecular flexibility index (Phi) is 2.18. The summed E-state index contributed by atoms with van der Waals surface area (Å²) >= 11 is 3.44. The Morgan fingerprint density at radius 1 is 1.54 bits per heavy atom. The first kappa shape index (κ1) is 8.50. The molecule has 0 aliphatic heterocycles. The molecule has 68 valence electrons. The van der Waals surface area contributed by atoms with Crippen LogP contribution in [-0.2, 0) is 0 Å². The van der Waals surface area contributed by atoms with Crippen molar-refractivity contribution >= 4 is 32.8 Å². The Hall–Kier alpha value is -1.10. The van der Waals surface area contributed by atoms with Crippen LogP contribution in [0.4, 0.5) is 5.82 Å². The lowest BCUT2D eigenvalue weighted by Gasteiger charge is -2.02. The molecule has 4 nitrogen and oxygen atoms in total. The van der Waals surface area contributed by atoms with E-state index in [-0.39, 0.29) is 0 Å².